The van der Waals surface area contributed by atoms with Crippen molar-refractivity contribution in [3.8, 4) is 0 Å². The lowest BCUT2D eigenvalue weighted by molar-refractivity contribution is 0.111. The second-order valence-electron chi connectivity index (χ2n) is 5.16. The lowest BCUT2D eigenvalue weighted by Gasteiger charge is -2.00. The third-order valence-electron chi connectivity index (χ3n) is 2.94. The van der Waals surface area contributed by atoms with E-state index in [2.05, 4.69) is 94.6 Å². The van der Waals surface area contributed by atoms with E-state index in [9.17, 15) is 18.0 Å². The quantitative estimate of drug-likeness (QED) is 0.153. The van der Waals surface area contributed by atoms with E-state index >= 15 is 0 Å². The van der Waals surface area contributed by atoms with Gasteiger partial charge in [0.25, 0.3) is 0 Å². The molecule has 0 aliphatic rings. The van der Waals surface area contributed by atoms with Crippen LogP contribution in [0.3, 0.4) is 0 Å². The topological polar surface area (TPSA) is 55.7 Å². The van der Waals surface area contributed by atoms with E-state index < -0.39 is 5.82 Å². The molecule has 0 aliphatic carbocycles. The summed E-state index contributed by atoms with van der Waals surface area (Å²) in [4.78, 5) is 21.4. The molecule has 0 saturated carbocycles. The van der Waals surface area contributed by atoms with Crippen LogP contribution >= 0.6 is 79.6 Å². The predicted octanol–water partition coefficient (Wildman–Crippen LogP) is 7.86. The molecule has 0 radical (unpaired) electrons. The van der Waals surface area contributed by atoms with Crippen molar-refractivity contribution in [2.75, 3.05) is 0 Å². The van der Waals surface area contributed by atoms with E-state index in [1.165, 1.54) is 24.3 Å². The summed E-state index contributed by atoms with van der Waals surface area (Å²) >= 11 is 15.3. The molecule has 0 spiro atoms. The van der Waals surface area contributed by atoms with Crippen LogP contribution in [0.5, 0.6) is 0 Å². The van der Waals surface area contributed by atoms with Crippen LogP contribution in [0.2, 0.25) is 0 Å². The molecule has 3 aromatic heterocycles. The molecule has 30 heavy (non-hydrogen) atoms. The van der Waals surface area contributed by atoms with E-state index in [-0.39, 0.29) is 34.9 Å². The van der Waals surface area contributed by atoms with Crippen molar-refractivity contribution in [1.82, 2.24) is 15.0 Å². The van der Waals surface area contributed by atoms with Crippen molar-refractivity contribution >= 4 is 85.9 Å². The third-order valence-corrected chi connectivity index (χ3v) is 5.54. The summed E-state index contributed by atoms with van der Waals surface area (Å²) in [5, 5.41) is 0. The molecular formula is C18H11Br5F3N3O. The van der Waals surface area contributed by atoms with Gasteiger partial charge in [-0.05, 0) is 91.1 Å². The van der Waals surface area contributed by atoms with Crippen LogP contribution in [0.1, 0.15) is 25.6 Å². The third kappa shape index (κ3) is 9.63. The Bertz CT molecular complexity index is 1010. The van der Waals surface area contributed by atoms with Crippen LogP contribution in [0.15, 0.2) is 50.2 Å². The zero-order valence-corrected chi connectivity index (χ0v) is 22.8. The lowest BCUT2D eigenvalue weighted by Crippen LogP contribution is -1.90. The normalized spacial score (nSPS) is 9.93. The fourth-order valence-electron chi connectivity index (χ4n) is 1.56. The molecule has 160 valence electrons. The smallest absolute Gasteiger partial charge is 0.168 e. The fourth-order valence-corrected chi connectivity index (χ4v) is 3.15. The molecule has 3 aromatic rings. The van der Waals surface area contributed by atoms with Gasteiger partial charge in [0.1, 0.15) is 23.2 Å². The standard InChI is InChI=1S/C6H3Br3FN.C6H3BrFNO.C6H5BrFN/c7-5(8)4-2-1-3(10)6(9)11-4;7-6-5(8)2-1-4(3-10)9-6;1-4-2-3-5(8)6(7)9-4/h1-2,5H;1-3H;2-3H,1H3. The maximum Gasteiger partial charge on any atom is 0.168 e. The first kappa shape index (κ1) is 27.3. The molecule has 0 aliphatic heterocycles. The van der Waals surface area contributed by atoms with Crippen LogP contribution in [-0.4, -0.2) is 21.2 Å². The zero-order valence-electron chi connectivity index (χ0n) is 14.9. The Morgan fingerprint density at radius 1 is 0.767 bits per heavy atom. The molecule has 3 heterocycles. The van der Waals surface area contributed by atoms with E-state index in [1.807, 2.05) is 6.92 Å². The minimum absolute atomic E-state index is 0.0353. The molecular weight excluding hydrogens is 731 g/mol. The first-order valence-electron chi connectivity index (χ1n) is 7.71. The monoisotopic (exact) mass is 737 g/mol. The highest BCUT2D eigenvalue weighted by atomic mass is 79.9. The Labute approximate surface area is 212 Å². The number of aryl methyl sites for hydroxylation is 1. The molecule has 0 amide bonds. The maximum atomic E-state index is 12.6. The predicted molar refractivity (Wildman–Crippen MR) is 126 cm³/mol. The van der Waals surface area contributed by atoms with Crippen LogP contribution in [0.4, 0.5) is 13.2 Å². The minimum atomic E-state index is -0.467. The first-order valence-corrected chi connectivity index (χ1v) is 11.9. The van der Waals surface area contributed by atoms with Gasteiger partial charge in [0.2, 0.25) is 0 Å². The molecule has 0 N–H and O–H groups in total. The van der Waals surface area contributed by atoms with Gasteiger partial charge in [0.15, 0.2) is 23.7 Å². The number of nitrogens with zero attached hydrogens (tertiary/aromatic N) is 3. The van der Waals surface area contributed by atoms with E-state index in [4.69, 9.17) is 0 Å². The van der Waals surface area contributed by atoms with E-state index in [1.54, 1.807) is 12.1 Å². The summed E-state index contributed by atoms with van der Waals surface area (Å²) in [6.07, 6.45) is 0.560. The number of hydrogen-bond donors (Lipinski definition) is 0. The highest BCUT2D eigenvalue weighted by Gasteiger charge is 2.07. The summed E-state index contributed by atoms with van der Waals surface area (Å²) in [5.74, 6) is -1.14. The number of halogens is 8. The number of rotatable bonds is 2. The second kappa shape index (κ2) is 13.7. The van der Waals surface area contributed by atoms with Gasteiger partial charge in [0, 0.05) is 5.69 Å². The van der Waals surface area contributed by atoms with Crippen LogP contribution < -0.4 is 0 Å². The summed E-state index contributed by atoms with van der Waals surface area (Å²) < 4.78 is 38.0. The van der Waals surface area contributed by atoms with Gasteiger partial charge in [0.05, 0.1) is 5.69 Å². The van der Waals surface area contributed by atoms with Crippen molar-refractivity contribution in [1.29, 1.82) is 0 Å². The van der Waals surface area contributed by atoms with Crippen LogP contribution in [0, 0.1) is 24.4 Å². The largest absolute Gasteiger partial charge is 0.296 e. The molecule has 0 saturated heterocycles. The lowest BCUT2D eigenvalue weighted by atomic mass is 10.4. The van der Waals surface area contributed by atoms with E-state index in [0.29, 0.717) is 6.29 Å². The second-order valence-corrected chi connectivity index (χ2v) is 10.5. The number of aldehydes is 1. The average molecular weight is 742 g/mol. The van der Waals surface area contributed by atoms with Gasteiger partial charge in [-0.25, -0.2) is 28.1 Å². The van der Waals surface area contributed by atoms with Crippen LogP contribution in [0.25, 0.3) is 0 Å². The van der Waals surface area contributed by atoms with Gasteiger partial charge >= 0.3 is 0 Å². The molecule has 0 atom stereocenters. The van der Waals surface area contributed by atoms with Crippen molar-refractivity contribution in [2.24, 2.45) is 0 Å². The summed E-state index contributed by atoms with van der Waals surface area (Å²) in [5.41, 5.74) is 1.76. The molecule has 0 aromatic carbocycles. The van der Waals surface area contributed by atoms with Gasteiger partial charge in [-0.3, -0.25) is 4.79 Å². The van der Waals surface area contributed by atoms with Crippen molar-refractivity contribution in [2.45, 2.75) is 10.7 Å². The van der Waals surface area contributed by atoms with Gasteiger partial charge in [-0.15, -0.1) is 0 Å². The average Bonchev–Trinajstić information content (AvgIpc) is 2.70. The molecule has 4 nitrogen and oxygen atoms in total. The first-order chi connectivity index (χ1) is 14.0. The number of carbonyl (C=O) groups excluding carboxylic acids is 1. The molecule has 0 unspecified atom stereocenters. The zero-order chi connectivity index (χ0) is 22.8. The Morgan fingerprint density at radius 3 is 1.63 bits per heavy atom. The molecule has 12 heteroatoms. The maximum absolute atomic E-state index is 12.6. The van der Waals surface area contributed by atoms with Gasteiger partial charge in [-0.2, -0.15) is 0 Å². The van der Waals surface area contributed by atoms with Crippen molar-refractivity contribution in [3.05, 3.63) is 84.7 Å². The Kier molecular flexibility index (Phi) is 12.5. The van der Waals surface area contributed by atoms with Crippen molar-refractivity contribution in [3.63, 3.8) is 0 Å². The minimum Gasteiger partial charge on any atom is -0.296 e. The van der Waals surface area contributed by atoms with Crippen molar-refractivity contribution < 1.29 is 18.0 Å². The van der Waals surface area contributed by atoms with Crippen LogP contribution in [-0.2, 0) is 0 Å². The summed E-state index contributed by atoms with van der Waals surface area (Å²) in [6.45, 7) is 1.81. The highest BCUT2D eigenvalue weighted by Crippen LogP contribution is 2.28. The van der Waals surface area contributed by atoms with Gasteiger partial charge < -0.3 is 0 Å². The number of aromatic nitrogens is 3. The molecule has 0 bridgehead atoms. The Balaban J connectivity index is 0.000000226. The Morgan fingerprint density at radius 2 is 1.23 bits per heavy atom. The summed E-state index contributed by atoms with van der Waals surface area (Å²) in [7, 11) is 0. The van der Waals surface area contributed by atoms with Gasteiger partial charge in [-0.1, -0.05) is 31.9 Å². The Hall–Kier alpha value is -0.690. The SMILES string of the molecule is Cc1ccc(F)c(Br)n1.Fc1ccc(C(Br)Br)nc1Br.O=Cc1ccc(F)c(Br)n1. The highest BCUT2D eigenvalue weighted by molar-refractivity contribution is 9.24. The molecule has 3 rings (SSSR count). The van der Waals surface area contributed by atoms with E-state index in [0.717, 1.165) is 11.4 Å². The number of carbonyl (C=O) groups is 1. The fraction of sp³-hybridized carbons (Fsp3) is 0.111. The number of pyridine rings is 3. The summed E-state index contributed by atoms with van der Waals surface area (Å²) in [6, 6.07) is 8.47. The number of alkyl halides is 2. The number of hydrogen-bond acceptors (Lipinski definition) is 4. The molecule has 0 fully saturated rings.